The van der Waals surface area contributed by atoms with Gasteiger partial charge in [0, 0.05) is 5.41 Å². The fourth-order valence-electron chi connectivity index (χ4n) is 6.16. The second-order valence-corrected chi connectivity index (χ2v) is 9.60. The first kappa shape index (κ1) is 24.2. The first-order valence-electron chi connectivity index (χ1n) is 12.0. The van der Waals surface area contributed by atoms with Crippen LogP contribution >= 0.6 is 0 Å². The average Bonchev–Trinajstić information content (AvgIpc) is 3.42. The van der Waals surface area contributed by atoms with Crippen LogP contribution in [0.5, 0.6) is 0 Å². The van der Waals surface area contributed by atoms with Crippen LogP contribution in [-0.4, -0.2) is 33.4 Å². The molecule has 0 bridgehead atoms. The molecule has 0 aromatic heterocycles. The van der Waals surface area contributed by atoms with E-state index in [0.29, 0.717) is 18.3 Å². The van der Waals surface area contributed by atoms with Gasteiger partial charge in [0.15, 0.2) is 0 Å². The zero-order valence-electron chi connectivity index (χ0n) is 19.0. The number of hydrogen-bond donors (Lipinski definition) is 2. The number of carboxylic acids is 2. The van der Waals surface area contributed by atoms with Gasteiger partial charge in [-0.1, -0.05) is 79.1 Å². The molecule has 0 aromatic carbocycles. The van der Waals surface area contributed by atoms with E-state index >= 15 is 0 Å². The summed E-state index contributed by atoms with van der Waals surface area (Å²) in [6.07, 6.45) is 12.0. The average molecular weight is 411 g/mol. The summed E-state index contributed by atoms with van der Waals surface area (Å²) in [4.78, 5) is 24.8. The van der Waals surface area contributed by atoms with E-state index in [1.54, 1.807) is 0 Å². The maximum Gasteiger partial charge on any atom is 0.340 e. The highest BCUT2D eigenvalue weighted by molar-refractivity contribution is 5.97. The minimum atomic E-state index is -1.55. The molecule has 2 fully saturated rings. The number of carbonyl (C=O) groups is 2. The van der Waals surface area contributed by atoms with Gasteiger partial charge in [0.1, 0.15) is 0 Å². The van der Waals surface area contributed by atoms with Gasteiger partial charge in [-0.05, 0) is 43.9 Å². The molecule has 5 heteroatoms. The molecule has 0 amide bonds. The zero-order valence-corrected chi connectivity index (χ0v) is 19.0. The maximum absolute atomic E-state index is 12.6. The van der Waals surface area contributed by atoms with E-state index in [-0.39, 0.29) is 0 Å². The summed E-state index contributed by atoms with van der Waals surface area (Å²) in [5, 5.41) is 20.3. The molecule has 168 valence electrons. The van der Waals surface area contributed by atoms with Gasteiger partial charge < -0.3 is 14.9 Å². The molecule has 4 unspecified atom stereocenters. The molecule has 0 radical (unpaired) electrons. The predicted molar refractivity (Wildman–Crippen MR) is 114 cm³/mol. The molecule has 0 spiro atoms. The number of aliphatic carboxylic acids is 2. The van der Waals surface area contributed by atoms with Crippen molar-refractivity contribution in [1.82, 2.24) is 0 Å². The SMILES string of the molecule is CCCCC(CC)CC1(CC(CC)CCCC)CCCC2(C(=O)O)OC12C(=O)O. The molecular weight excluding hydrogens is 368 g/mol. The van der Waals surface area contributed by atoms with Gasteiger partial charge >= 0.3 is 11.9 Å². The Morgan fingerprint density at radius 3 is 1.76 bits per heavy atom. The van der Waals surface area contributed by atoms with Crippen molar-refractivity contribution in [3.8, 4) is 0 Å². The van der Waals surface area contributed by atoms with Gasteiger partial charge in [0.2, 0.25) is 11.2 Å². The van der Waals surface area contributed by atoms with Crippen LogP contribution in [0.1, 0.15) is 111 Å². The minimum Gasteiger partial charge on any atom is -0.479 e. The van der Waals surface area contributed by atoms with Crippen molar-refractivity contribution < 1.29 is 24.5 Å². The zero-order chi connectivity index (χ0) is 21.7. The Balaban J connectivity index is 2.45. The van der Waals surface area contributed by atoms with E-state index in [1.165, 1.54) is 0 Å². The van der Waals surface area contributed by atoms with Crippen LogP contribution in [-0.2, 0) is 14.3 Å². The molecular formula is C24H42O5. The second kappa shape index (κ2) is 9.80. The van der Waals surface area contributed by atoms with Crippen molar-refractivity contribution in [2.24, 2.45) is 17.3 Å². The number of unbranched alkanes of at least 4 members (excludes halogenated alkanes) is 2. The smallest absolute Gasteiger partial charge is 0.340 e. The summed E-state index contributed by atoms with van der Waals surface area (Å²) in [6, 6.07) is 0. The van der Waals surface area contributed by atoms with Gasteiger partial charge in [0.05, 0.1) is 0 Å². The van der Waals surface area contributed by atoms with Gasteiger partial charge in [-0.3, -0.25) is 0 Å². The van der Waals surface area contributed by atoms with Crippen molar-refractivity contribution in [3.05, 3.63) is 0 Å². The van der Waals surface area contributed by atoms with Crippen LogP contribution in [0.3, 0.4) is 0 Å². The molecule has 4 atom stereocenters. The largest absolute Gasteiger partial charge is 0.479 e. The number of hydrogen-bond acceptors (Lipinski definition) is 3. The summed E-state index contributed by atoms with van der Waals surface area (Å²) < 4.78 is 5.89. The highest BCUT2D eigenvalue weighted by Gasteiger charge is 2.87. The van der Waals surface area contributed by atoms with E-state index in [0.717, 1.165) is 77.0 Å². The third-order valence-corrected chi connectivity index (χ3v) is 7.88. The molecule has 2 rings (SSSR count). The Hall–Kier alpha value is -1.10. The monoisotopic (exact) mass is 410 g/mol. The summed E-state index contributed by atoms with van der Waals surface area (Å²) in [5.74, 6) is -1.31. The summed E-state index contributed by atoms with van der Waals surface area (Å²) >= 11 is 0. The van der Waals surface area contributed by atoms with Crippen LogP contribution in [0, 0.1) is 17.3 Å². The van der Waals surface area contributed by atoms with Gasteiger partial charge in [-0.2, -0.15) is 0 Å². The Kier molecular flexibility index (Phi) is 8.17. The topological polar surface area (TPSA) is 87.1 Å². The summed E-state index contributed by atoms with van der Waals surface area (Å²) in [6.45, 7) is 8.71. The van der Waals surface area contributed by atoms with Crippen LogP contribution < -0.4 is 0 Å². The summed E-state index contributed by atoms with van der Waals surface area (Å²) in [5.41, 5.74) is -3.66. The fourth-order valence-corrected chi connectivity index (χ4v) is 6.16. The molecule has 1 saturated carbocycles. The van der Waals surface area contributed by atoms with E-state index in [2.05, 4.69) is 27.7 Å². The Labute approximate surface area is 176 Å². The number of fused-ring (bicyclic) bond motifs is 1. The van der Waals surface area contributed by atoms with Crippen molar-refractivity contribution >= 4 is 11.9 Å². The fraction of sp³-hybridized carbons (Fsp3) is 0.917. The lowest BCUT2D eigenvalue weighted by Crippen LogP contribution is -2.56. The predicted octanol–water partition coefficient (Wildman–Crippen LogP) is 6.05. The highest BCUT2D eigenvalue weighted by atomic mass is 16.7. The Morgan fingerprint density at radius 2 is 1.38 bits per heavy atom. The van der Waals surface area contributed by atoms with Gasteiger partial charge in [0.25, 0.3) is 0 Å². The molecule has 2 N–H and O–H groups in total. The van der Waals surface area contributed by atoms with Crippen LogP contribution in [0.4, 0.5) is 0 Å². The number of rotatable bonds is 14. The first-order chi connectivity index (χ1) is 13.8. The van der Waals surface area contributed by atoms with E-state index in [4.69, 9.17) is 4.74 Å². The number of carboxylic acid groups (broad SMARTS) is 2. The lowest BCUT2D eigenvalue weighted by atomic mass is 9.54. The summed E-state index contributed by atoms with van der Waals surface area (Å²) in [7, 11) is 0. The molecule has 0 aromatic rings. The lowest BCUT2D eigenvalue weighted by molar-refractivity contribution is -0.155. The van der Waals surface area contributed by atoms with Crippen molar-refractivity contribution in [1.29, 1.82) is 0 Å². The standard InChI is InChI=1S/C24H42O5/c1-5-9-12-18(7-3)16-22(17-19(8-4)13-10-6-2)14-11-15-23(20(25)26)24(22,29-23)21(27)28/h18-19H,5-17H2,1-4H3,(H,25,26)(H,27,28). The number of ether oxygens (including phenoxy) is 1. The Bertz CT molecular complexity index is 556. The highest BCUT2D eigenvalue weighted by Crippen LogP contribution is 2.69. The quantitative estimate of drug-likeness (QED) is 0.341. The molecule has 2 aliphatic rings. The second-order valence-electron chi connectivity index (χ2n) is 9.60. The molecule has 5 nitrogen and oxygen atoms in total. The molecule has 29 heavy (non-hydrogen) atoms. The van der Waals surface area contributed by atoms with Gasteiger partial charge in [-0.25, -0.2) is 9.59 Å². The lowest BCUT2D eigenvalue weighted by Gasteiger charge is -2.45. The van der Waals surface area contributed by atoms with Crippen molar-refractivity contribution in [2.45, 2.75) is 122 Å². The van der Waals surface area contributed by atoms with Crippen molar-refractivity contribution in [3.63, 3.8) is 0 Å². The van der Waals surface area contributed by atoms with Crippen LogP contribution in [0.2, 0.25) is 0 Å². The molecule has 1 aliphatic heterocycles. The van der Waals surface area contributed by atoms with Crippen LogP contribution in [0.25, 0.3) is 0 Å². The minimum absolute atomic E-state index is 0.313. The first-order valence-corrected chi connectivity index (χ1v) is 12.0. The third-order valence-electron chi connectivity index (χ3n) is 7.88. The molecule has 1 saturated heterocycles. The molecule has 1 aliphatic carbocycles. The van der Waals surface area contributed by atoms with Crippen molar-refractivity contribution in [2.75, 3.05) is 0 Å². The third kappa shape index (κ3) is 4.22. The van der Waals surface area contributed by atoms with E-state index in [1.807, 2.05) is 0 Å². The normalized spacial score (nSPS) is 33.0. The van der Waals surface area contributed by atoms with Gasteiger partial charge in [-0.15, -0.1) is 0 Å². The number of epoxide rings is 1. The van der Waals surface area contributed by atoms with Crippen LogP contribution in [0.15, 0.2) is 0 Å². The van der Waals surface area contributed by atoms with E-state index < -0.39 is 28.6 Å². The van der Waals surface area contributed by atoms with E-state index in [9.17, 15) is 19.8 Å². The molecule has 1 heterocycles. The maximum atomic E-state index is 12.6. The Morgan fingerprint density at radius 1 is 0.862 bits per heavy atom.